The molecule has 1 fully saturated rings. The maximum absolute atomic E-state index is 10.2. The number of β-amino-alcohol motifs (C(OH)–C–C–N with tert-alkyl or cyclic N) is 1. The van der Waals surface area contributed by atoms with Gasteiger partial charge in [-0.2, -0.15) is 0 Å². The van der Waals surface area contributed by atoms with Gasteiger partial charge in [-0.05, 0) is 37.1 Å². The lowest BCUT2D eigenvalue weighted by Gasteiger charge is -2.33. The second kappa shape index (κ2) is 8.71. The number of para-hydroxylation sites is 2. The molecule has 4 nitrogen and oxygen atoms in total. The predicted octanol–water partition coefficient (Wildman–Crippen LogP) is 2.97. The van der Waals surface area contributed by atoms with Gasteiger partial charge in [0.25, 0.3) is 0 Å². The van der Waals surface area contributed by atoms with E-state index in [1.54, 1.807) is 0 Å². The fraction of sp³-hybridized carbons (Fsp3) is 0.400. The number of hydrogen-bond acceptors (Lipinski definition) is 4. The summed E-state index contributed by atoms with van der Waals surface area (Å²) >= 11 is 0. The number of aliphatic hydroxyl groups is 1. The second-order valence-corrected chi connectivity index (χ2v) is 6.21. The lowest BCUT2D eigenvalue weighted by Crippen LogP contribution is -2.43. The van der Waals surface area contributed by atoms with E-state index >= 15 is 0 Å². The number of likely N-dealkylation sites (tertiary alicyclic amines) is 1. The molecule has 0 unspecified atom stereocenters. The third kappa shape index (κ3) is 5.25. The van der Waals surface area contributed by atoms with Gasteiger partial charge in [-0.1, -0.05) is 36.4 Å². The molecule has 0 bridgehead atoms. The average Bonchev–Trinajstić information content (AvgIpc) is 2.63. The fourth-order valence-electron chi connectivity index (χ4n) is 2.96. The Labute approximate surface area is 143 Å². The van der Waals surface area contributed by atoms with Crippen LogP contribution in [0.1, 0.15) is 12.8 Å². The van der Waals surface area contributed by atoms with Crippen LogP contribution >= 0.6 is 0 Å². The molecule has 0 saturated carbocycles. The van der Waals surface area contributed by atoms with Gasteiger partial charge in [0.1, 0.15) is 30.3 Å². The minimum atomic E-state index is -0.475. The summed E-state index contributed by atoms with van der Waals surface area (Å²) in [5, 5.41) is 10.2. The summed E-state index contributed by atoms with van der Waals surface area (Å²) in [6.45, 7) is 2.86. The molecule has 1 aliphatic heterocycles. The molecule has 24 heavy (non-hydrogen) atoms. The van der Waals surface area contributed by atoms with Gasteiger partial charge >= 0.3 is 0 Å². The van der Waals surface area contributed by atoms with Crippen molar-refractivity contribution in [3.05, 3.63) is 60.7 Å². The first-order chi connectivity index (χ1) is 11.8. The van der Waals surface area contributed by atoms with E-state index in [9.17, 15) is 5.11 Å². The largest absolute Gasteiger partial charge is 0.491 e. The van der Waals surface area contributed by atoms with Crippen molar-refractivity contribution in [1.29, 1.82) is 0 Å². The smallest absolute Gasteiger partial charge is 0.119 e. The minimum absolute atomic E-state index is 0.265. The zero-order valence-electron chi connectivity index (χ0n) is 13.9. The quantitative estimate of drug-likeness (QED) is 0.849. The molecule has 0 radical (unpaired) electrons. The first-order valence-electron chi connectivity index (χ1n) is 8.59. The predicted molar refractivity (Wildman–Crippen MR) is 94.5 cm³/mol. The van der Waals surface area contributed by atoms with Gasteiger partial charge in [-0.3, -0.25) is 0 Å². The SMILES string of the molecule is O[C@@H](COc1ccccc1)CN1CCC(Oc2ccccc2)CC1. The molecule has 4 heteroatoms. The van der Waals surface area contributed by atoms with Crippen LogP contribution < -0.4 is 9.47 Å². The zero-order valence-corrected chi connectivity index (χ0v) is 13.9. The molecule has 0 aromatic heterocycles. The lowest BCUT2D eigenvalue weighted by molar-refractivity contribution is 0.0401. The number of benzene rings is 2. The summed E-state index contributed by atoms with van der Waals surface area (Å²) in [4.78, 5) is 2.28. The van der Waals surface area contributed by atoms with Gasteiger partial charge < -0.3 is 19.5 Å². The normalized spacial score (nSPS) is 17.4. The van der Waals surface area contributed by atoms with E-state index in [-0.39, 0.29) is 6.10 Å². The molecule has 1 aliphatic rings. The van der Waals surface area contributed by atoms with Crippen molar-refractivity contribution in [1.82, 2.24) is 4.90 Å². The summed E-state index contributed by atoms with van der Waals surface area (Å²) in [7, 11) is 0. The maximum atomic E-state index is 10.2. The Morgan fingerprint density at radius 2 is 1.50 bits per heavy atom. The first kappa shape index (κ1) is 16.8. The van der Waals surface area contributed by atoms with Crippen LogP contribution in [0.2, 0.25) is 0 Å². The van der Waals surface area contributed by atoms with Gasteiger partial charge in [0.2, 0.25) is 0 Å². The Kier molecular flexibility index (Phi) is 6.10. The maximum Gasteiger partial charge on any atom is 0.119 e. The standard InChI is InChI=1S/C20H25NO3/c22-17(16-23-18-7-3-1-4-8-18)15-21-13-11-20(12-14-21)24-19-9-5-2-6-10-19/h1-10,17,20,22H,11-16H2/t17-/m1/s1. The highest BCUT2D eigenvalue weighted by Gasteiger charge is 2.22. The van der Waals surface area contributed by atoms with Crippen molar-refractivity contribution in [3.8, 4) is 11.5 Å². The lowest BCUT2D eigenvalue weighted by atomic mass is 10.1. The molecule has 128 valence electrons. The van der Waals surface area contributed by atoms with Crippen molar-refractivity contribution in [3.63, 3.8) is 0 Å². The van der Waals surface area contributed by atoms with Crippen molar-refractivity contribution < 1.29 is 14.6 Å². The van der Waals surface area contributed by atoms with E-state index in [1.807, 2.05) is 60.7 Å². The summed E-state index contributed by atoms with van der Waals surface area (Å²) < 4.78 is 11.6. The number of piperidine rings is 1. The topological polar surface area (TPSA) is 41.9 Å². The van der Waals surface area contributed by atoms with Gasteiger partial charge in [-0.15, -0.1) is 0 Å². The second-order valence-electron chi connectivity index (χ2n) is 6.21. The van der Waals surface area contributed by atoms with E-state index < -0.39 is 6.10 Å². The molecule has 0 amide bonds. The van der Waals surface area contributed by atoms with Crippen LogP contribution in [0.3, 0.4) is 0 Å². The molecule has 1 saturated heterocycles. The third-order valence-corrected chi connectivity index (χ3v) is 4.24. The number of rotatable bonds is 7. The summed E-state index contributed by atoms with van der Waals surface area (Å²) in [6.07, 6.45) is 1.76. The van der Waals surface area contributed by atoms with Gasteiger partial charge in [0.15, 0.2) is 0 Å². The third-order valence-electron chi connectivity index (χ3n) is 4.24. The zero-order chi connectivity index (χ0) is 16.6. The van der Waals surface area contributed by atoms with Gasteiger partial charge in [-0.25, -0.2) is 0 Å². The summed E-state index contributed by atoms with van der Waals surface area (Å²) in [5.41, 5.74) is 0. The van der Waals surface area contributed by atoms with Crippen LogP contribution in [0.4, 0.5) is 0 Å². The van der Waals surface area contributed by atoms with Crippen molar-refractivity contribution in [2.45, 2.75) is 25.0 Å². The van der Waals surface area contributed by atoms with Gasteiger partial charge in [0.05, 0.1) is 0 Å². The molecular weight excluding hydrogens is 302 g/mol. The van der Waals surface area contributed by atoms with Crippen LogP contribution in [0.5, 0.6) is 11.5 Å². The molecule has 1 N–H and O–H groups in total. The highest BCUT2D eigenvalue weighted by Crippen LogP contribution is 2.18. The molecule has 3 rings (SSSR count). The molecule has 2 aromatic carbocycles. The van der Waals surface area contributed by atoms with Crippen LogP contribution in [-0.2, 0) is 0 Å². The van der Waals surface area contributed by atoms with Gasteiger partial charge in [0, 0.05) is 19.6 Å². The highest BCUT2D eigenvalue weighted by molar-refractivity contribution is 5.21. The van der Waals surface area contributed by atoms with Crippen LogP contribution in [0.25, 0.3) is 0 Å². The molecule has 2 aromatic rings. The van der Waals surface area contributed by atoms with E-state index in [0.29, 0.717) is 13.2 Å². The molecule has 0 spiro atoms. The molecular formula is C20H25NO3. The average molecular weight is 327 g/mol. The van der Waals surface area contributed by atoms with Crippen molar-refractivity contribution in [2.75, 3.05) is 26.2 Å². The van der Waals surface area contributed by atoms with Crippen LogP contribution in [0.15, 0.2) is 60.7 Å². The number of ether oxygens (including phenoxy) is 2. The van der Waals surface area contributed by atoms with Crippen LogP contribution in [0, 0.1) is 0 Å². The van der Waals surface area contributed by atoms with E-state index in [2.05, 4.69) is 4.90 Å². The Morgan fingerprint density at radius 3 is 2.12 bits per heavy atom. The van der Waals surface area contributed by atoms with Crippen LogP contribution in [-0.4, -0.2) is 48.5 Å². The van der Waals surface area contributed by atoms with E-state index in [0.717, 1.165) is 37.4 Å². The number of nitrogens with zero attached hydrogens (tertiary/aromatic N) is 1. The summed E-state index contributed by atoms with van der Waals surface area (Å²) in [6, 6.07) is 19.6. The Balaban J connectivity index is 1.36. The monoisotopic (exact) mass is 327 g/mol. The number of hydrogen-bond donors (Lipinski definition) is 1. The molecule has 1 atom stereocenters. The Hall–Kier alpha value is -2.04. The van der Waals surface area contributed by atoms with Crippen molar-refractivity contribution >= 4 is 0 Å². The minimum Gasteiger partial charge on any atom is -0.491 e. The summed E-state index contributed by atoms with van der Waals surface area (Å²) in [5.74, 6) is 1.73. The molecule has 1 heterocycles. The first-order valence-corrected chi connectivity index (χ1v) is 8.59. The van der Waals surface area contributed by atoms with E-state index in [4.69, 9.17) is 9.47 Å². The van der Waals surface area contributed by atoms with E-state index in [1.165, 1.54) is 0 Å². The fourth-order valence-corrected chi connectivity index (χ4v) is 2.96. The number of aliphatic hydroxyl groups excluding tert-OH is 1. The molecule has 0 aliphatic carbocycles. The Bertz CT molecular complexity index is 582. The van der Waals surface area contributed by atoms with Crippen molar-refractivity contribution in [2.24, 2.45) is 0 Å². The highest BCUT2D eigenvalue weighted by atomic mass is 16.5. The Morgan fingerprint density at radius 1 is 0.917 bits per heavy atom.